The van der Waals surface area contributed by atoms with Crippen LogP contribution in [0, 0.1) is 11.8 Å². The quantitative estimate of drug-likeness (QED) is 0.167. The zero-order chi connectivity index (χ0) is 26.0. The summed E-state index contributed by atoms with van der Waals surface area (Å²) in [5, 5.41) is 10.3. The number of rotatable bonds is 11. The standard InChI is InChI=1S/C31H41NO3Si/c1-31(2,3)36(4,5)35-29(21-13-14-22-33)27-24-26-19-11-12-20-28(26)32-30(27)34-23-15-7-10-18-25-16-8-6-9-17-25/h6,8-9,11-12,16-17,19-20,24,29,33H,7,10,15,18,21-23H2,1-5H3. The van der Waals surface area contributed by atoms with E-state index in [0.29, 0.717) is 18.9 Å². The third-order valence-electron chi connectivity index (χ3n) is 6.99. The van der Waals surface area contributed by atoms with Crippen LogP contribution in [0.1, 0.15) is 63.7 Å². The number of aryl methyl sites for hydroxylation is 1. The minimum Gasteiger partial charge on any atom is -0.477 e. The van der Waals surface area contributed by atoms with Gasteiger partial charge in [-0.2, -0.15) is 0 Å². The highest BCUT2D eigenvalue weighted by Crippen LogP contribution is 2.42. The van der Waals surface area contributed by atoms with Gasteiger partial charge < -0.3 is 14.3 Å². The van der Waals surface area contributed by atoms with Crippen LogP contribution in [0.2, 0.25) is 18.1 Å². The van der Waals surface area contributed by atoms with Crippen LogP contribution >= 0.6 is 0 Å². The summed E-state index contributed by atoms with van der Waals surface area (Å²) in [6.45, 7) is 11.7. The lowest BCUT2D eigenvalue weighted by molar-refractivity contribution is 0.180. The molecule has 0 saturated carbocycles. The van der Waals surface area contributed by atoms with E-state index in [0.717, 1.165) is 42.1 Å². The lowest BCUT2D eigenvalue weighted by Gasteiger charge is -2.39. The van der Waals surface area contributed by atoms with Crippen LogP contribution < -0.4 is 4.74 Å². The van der Waals surface area contributed by atoms with Crippen molar-refractivity contribution in [3.8, 4) is 17.7 Å². The number of aromatic nitrogens is 1. The molecule has 0 bridgehead atoms. The third kappa shape index (κ3) is 7.93. The SMILES string of the molecule is CC(C)(C)[Si](C)(C)OC(CC#CCO)c1cc2ccccc2nc1OCCCCCc1ccccc1. The number of nitrogens with zero attached hydrogens (tertiary/aromatic N) is 1. The number of pyridine rings is 1. The van der Waals surface area contributed by atoms with E-state index in [9.17, 15) is 5.11 Å². The molecule has 1 aromatic heterocycles. The summed E-state index contributed by atoms with van der Waals surface area (Å²) in [6, 6.07) is 20.9. The van der Waals surface area contributed by atoms with Gasteiger partial charge in [-0.3, -0.25) is 0 Å². The zero-order valence-electron chi connectivity index (χ0n) is 22.5. The molecule has 0 saturated heterocycles. The largest absolute Gasteiger partial charge is 0.477 e. The van der Waals surface area contributed by atoms with Crippen molar-refractivity contribution in [2.75, 3.05) is 13.2 Å². The van der Waals surface area contributed by atoms with Crippen LogP contribution in [-0.2, 0) is 10.8 Å². The maximum absolute atomic E-state index is 9.22. The molecule has 0 aliphatic heterocycles. The second kappa shape index (κ2) is 13.1. The van der Waals surface area contributed by atoms with Crippen molar-refractivity contribution in [2.45, 2.75) is 77.1 Å². The predicted molar refractivity (Wildman–Crippen MR) is 152 cm³/mol. The number of aliphatic hydroxyl groups excluding tert-OH is 1. The molecule has 1 N–H and O–H groups in total. The Balaban J connectivity index is 1.79. The van der Waals surface area contributed by atoms with E-state index >= 15 is 0 Å². The molecular weight excluding hydrogens is 462 g/mol. The van der Waals surface area contributed by atoms with Crippen molar-refractivity contribution in [1.29, 1.82) is 0 Å². The molecule has 4 nitrogen and oxygen atoms in total. The molecule has 3 aromatic rings. The lowest BCUT2D eigenvalue weighted by atomic mass is 10.1. The first kappa shape index (κ1) is 27.9. The van der Waals surface area contributed by atoms with Crippen molar-refractivity contribution in [1.82, 2.24) is 4.98 Å². The summed E-state index contributed by atoms with van der Waals surface area (Å²) >= 11 is 0. The molecule has 1 atom stereocenters. The Morgan fingerprint density at radius 1 is 0.944 bits per heavy atom. The summed E-state index contributed by atoms with van der Waals surface area (Å²) in [4.78, 5) is 4.90. The van der Waals surface area contributed by atoms with Gasteiger partial charge in [-0.1, -0.05) is 81.1 Å². The molecule has 192 valence electrons. The average Bonchev–Trinajstić information content (AvgIpc) is 2.85. The number of para-hydroxylation sites is 1. The van der Waals surface area contributed by atoms with Crippen molar-refractivity contribution in [3.63, 3.8) is 0 Å². The normalized spacial score (nSPS) is 12.7. The number of aliphatic hydroxyl groups is 1. The highest BCUT2D eigenvalue weighted by Gasteiger charge is 2.40. The lowest BCUT2D eigenvalue weighted by Crippen LogP contribution is -2.41. The molecule has 3 rings (SSSR count). The van der Waals surface area contributed by atoms with Crippen LogP contribution in [0.25, 0.3) is 10.9 Å². The van der Waals surface area contributed by atoms with E-state index in [2.05, 4.69) is 88.2 Å². The molecule has 0 radical (unpaired) electrons. The van der Waals surface area contributed by atoms with Crippen molar-refractivity contribution in [2.24, 2.45) is 0 Å². The summed E-state index contributed by atoms with van der Waals surface area (Å²) in [5.74, 6) is 6.52. The molecule has 2 aromatic carbocycles. The number of hydrogen-bond acceptors (Lipinski definition) is 4. The van der Waals surface area contributed by atoms with Gasteiger partial charge in [0.2, 0.25) is 5.88 Å². The fraction of sp³-hybridized carbons (Fsp3) is 0.452. The van der Waals surface area contributed by atoms with Crippen LogP contribution in [0.4, 0.5) is 0 Å². The van der Waals surface area contributed by atoms with E-state index in [1.54, 1.807) is 0 Å². The molecule has 0 aliphatic carbocycles. The topological polar surface area (TPSA) is 51.6 Å². The van der Waals surface area contributed by atoms with E-state index in [4.69, 9.17) is 14.1 Å². The van der Waals surface area contributed by atoms with Crippen LogP contribution in [-0.4, -0.2) is 31.6 Å². The fourth-order valence-electron chi connectivity index (χ4n) is 3.85. The van der Waals surface area contributed by atoms with Crippen molar-refractivity contribution < 1.29 is 14.3 Å². The van der Waals surface area contributed by atoms with Crippen LogP contribution in [0.5, 0.6) is 5.88 Å². The first-order chi connectivity index (χ1) is 17.2. The van der Waals surface area contributed by atoms with Gasteiger partial charge in [-0.15, -0.1) is 0 Å². The molecule has 1 heterocycles. The highest BCUT2D eigenvalue weighted by atomic mass is 28.4. The van der Waals surface area contributed by atoms with Gasteiger partial charge in [0.15, 0.2) is 8.32 Å². The molecule has 0 fully saturated rings. The summed E-state index contributed by atoms with van der Waals surface area (Å²) in [5.41, 5.74) is 3.23. The average molecular weight is 504 g/mol. The Hall–Kier alpha value is -2.65. The van der Waals surface area contributed by atoms with Gasteiger partial charge in [0, 0.05) is 17.4 Å². The van der Waals surface area contributed by atoms with Crippen molar-refractivity contribution in [3.05, 3.63) is 71.8 Å². The Morgan fingerprint density at radius 2 is 1.67 bits per heavy atom. The van der Waals surface area contributed by atoms with E-state index in [1.165, 1.54) is 5.56 Å². The molecule has 0 aliphatic rings. The molecule has 1 unspecified atom stereocenters. The molecule has 0 spiro atoms. The van der Waals surface area contributed by atoms with E-state index in [-0.39, 0.29) is 17.7 Å². The summed E-state index contributed by atoms with van der Waals surface area (Å²) < 4.78 is 13.2. The minimum absolute atomic E-state index is 0.0553. The van der Waals surface area contributed by atoms with Gasteiger partial charge >= 0.3 is 0 Å². The minimum atomic E-state index is -2.10. The maximum atomic E-state index is 9.22. The first-order valence-corrected chi connectivity index (χ1v) is 15.9. The Labute approximate surface area is 218 Å². The summed E-state index contributed by atoms with van der Waals surface area (Å²) in [6.07, 6.45) is 4.52. The predicted octanol–water partition coefficient (Wildman–Crippen LogP) is 7.48. The van der Waals surface area contributed by atoms with Gasteiger partial charge in [0.05, 0.1) is 18.2 Å². The third-order valence-corrected chi connectivity index (χ3v) is 11.5. The highest BCUT2D eigenvalue weighted by molar-refractivity contribution is 6.74. The van der Waals surface area contributed by atoms with Gasteiger partial charge in [-0.25, -0.2) is 4.98 Å². The van der Waals surface area contributed by atoms with Crippen LogP contribution in [0.3, 0.4) is 0 Å². The van der Waals surface area contributed by atoms with Gasteiger partial charge in [0.25, 0.3) is 0 Å². The Kier molecular flexibility index (Phi) is 10.1. The van der Waals surface area contributed by atoms with Crippen molar-refractivity contribution >= 4 is 19.2 Å². The van der Waals surface area contributed by atoms with Gasteiger partial charge in [-0.05, 0) is 61.5 Å². The fourth-order valence-corrected chi connectivity index (χ4v) is 5.13. The van der Waals surface area contributed by atoms with E-state index in [1.807, 2.05) is 18.2 Å². The second-order valence-corrected chi connectivity index (χ2v) is 15.6. The van der Waals surface area contributed by atoms with Gasteiger partial charge in [0.1, 0.15) is 6.61 Å². The monoisotopic (exact) mass is 503 g/mol. The van der Waals surface area contributed by atoms with Crippen LogP contribution in [0.15, 0.2) is 60.7 Å². The Morgan fingerprint density at radius 3 is 2.39 bits per heavy atom. The maximum Gasteiger partial charge on any atom is 0.219 e. The number of benzene rings is 2. The molecule has 0 amide bonds. The van der Waals surface area contributed by atoms with E-state index < -0.39 is 8.32 Å². The molecular formula is C31H41NO3Si. The first-order valence-electron chi connectivity index (χ1n) is 13.0. The zero-order valence-corrected chi connectivity index (χ0v) is 23.5. The second-order valence-electron chi connectivity index (χ2n) is 10.8. The Bertz CT molecular complexity index is 1160. The number of ether oxygens (including phenoxy) is 1. The number of fused-ring (bicyclic) bond motifs is 1. The molecule has 36 heavy (non-hydrogen) atoms. The number of unbranched alkanes of at least 4 members (excludes halogenated alkanes) is 2. The summed E-state index contributed by atoms with van der Waals surface area (Å²) in [7, 11) is -2.10. The number of hydrogen-bond donors (Lipinski definition) is 1. The smallest absolute Gasteiger partial charge is 0.219 e. The molecule has 5 heteroatoms.